The summed E-state index contributed by atoms with van der Waals surface area (Å²) < 4.78 is 20.5. The van der Waals surface area contributed by atoms with Gasteiger partial charge in [-0.3, -0.25) is 4.79 Å². The fourth-order valence-corrected chi connectivity index (χ4v) is 4.64. The van der Waals surface area contributed by atoms with E-state index in [2.05, 4.69) is 0 Å². The SMILES string of the molecule is COc1ccc2c(c1)c1c(n2CCF)-c2ccccc2SC1C(=O)O. The van der Waals surface area contributed by atoms with Gasteiger partial charge in [0.25, 0.3) is 0 Å². The standard InChI is InChI=1S/C19H16FNO3S/c1-24-11-6-7-14-13(10-11)16-17(21(14)9-8-20)12-4-2-3-5-15(12)25-18(16)19(22)23/h2-7,10,18H,8-9H2,1H3,(H,22,23). The molecule has 3 aromatic rings. The van der Waals surface area contributed by atoms with Gasteiger partial charge in [-0.2, -0.15) is 0 Å². The number of aliphatic carboxylic acids is 1. The van der Waals surface area contributed by atoms with Crippen molar-refractivity contribution in [1.82, 2.24) is 4.57 Å². The molecule has 0 amide bonds. The maximum absolute atomic E-state index is 13.3. The van der Waals surface area contributed by atoms with Crippen molar-refractivity contribution >= 4 is 28.6 Å². The molecule has 0 fully saturated rings. The summed E-state index contributed by atoms with van der Waals surface area (Å²) in [5.41, 5.74) is 3.29. The minimum atomic E-state index is -0.900. The number of hydrogen-bond donors (Lipinski definition) is 1. The van der Waals surface area contributed by atoms with E-state index in [1.54, 1.807) is 7.11 Å². The Morgan fingerprint density at radius 3 is 2.84 bits per heavy atom. The van der Waals surface area contributed by atoms with Gasteiger partial charge in [0.05, 0.1) is 19.3 Å². The molecule has 128 valence electrons. The van der Waals surface area contributed by atoms with Gasteiger partial charge < -0.3 is 14.4 Å². The fourth-order valence-electron chi connectivity index (χ4n) is 3.48. The van der Waals surface area contributed by atoms with E-state index in [0.29, 0.717) is 5.75 Å². The Kier molecular flexibility index (Phi) is 3.92. The van der Waals surface area contributed by atoms with E-state index in [4.69, 9.17) is 4.74 Å². The van der Waals surface area contributed by atoms with Crippen LogP contribution in [0.2, 0.25) is 0 Å². The molecule has 1 atom stereocenters. The second-order valence-corrected chi connectivity index (χ2v) is 6.97. The summed E-state index contributed by atoms with van der Waals surface area (Å²) in [5, 5.41) is 9.87. The number of rotatable bonds is 4. The summed E-state index contributed by atoms with van der Waals surface area (Å²) in [5.74, 6) is -0.247. The van der Waals surface area contributed by atoms with Crippen LogP contribution in [0.5, 0.6) is 5.75 Å². The third-order valence-corrected chi connectivity index (χ3v) is 5.77. The summed E-state index contributed by atoms with van der Waals surface area (Å²) in [7, 11) is 1.57. The average Bonchev–Trinajstić information content (AvgIpc) is 2.95. The Bertz CT molecular complexity index is 982. The molecule has 0 bridgehead atoms. The lowest BCUT2D eigenvalue weighted by atomic mass is 10.0. The van der Waals surface area contributed by atoms with Crippen LogP contribution >= 0.6 is 11.8 Å². The lowest BCUT2D eigenvalue weighted by Gasteiger charge is -2.23. The number of carboxylic acid groups (broad SMARTS) is 1. The van der Waals surface area contributed by atoms with Gasteiger partial charge in [-0.1, -0.05) is 18.2 Å². The number of fused-ring (bicyclic) bond motifs is 5. The molecule has 6 heteroatoms. The molecular formula is C19H16FNO3S. The van der Waals surface area contributed by atoms with E-state index in [9.17, 15) is 14.3 Å². The van der Waals surface area contributed by atoms with Gasteiger partial charge in [-0.05, 0) is 24.3 Å². The number of halogens is 1. The Labute approximate surface area is 148 Å². The topological polar surface area (TPSA) is 51.5 Å². The highest BCUT2D eigenvalue weighted by Crippen LogP contribution is 2.52. The molecule has 25 heavy (non-hydrogen) atoms. The molecule has 1 aliphatic heterocycles. The van der Waals surface area contributed by atoms with Gasteiger partial charge in [-0.25, -0.2) is 4.39 Å². The third kappa shape index (κ3) is 2.40. The van der Waals surface area contributed by atoms with E-state index >= 15 is 0 Å². The number of aryl methyl sites for hydroxylation is 1. The highest BCUT2D eigenvalue weighted by Gasteiger charge is 2.35. The molecule has 0 saturated carbocycles. The van der Waals surface area contributed by atoms with Gasteiger partial charge in [0.2, 0.25) is 0 Å². The predicted molar refractivity (Wildman–Crippen MR) is 96.1 cm³/mol. The molecule has 2 heterocycles. The first kappa shape index (κ1) is 16.0. The van der Waals surface area contributed by atoms with Crippen molar-refractivity contribution in [2.45, 2.75) is 16.7 Å². The first-order valence-electron chi connectivity index (χ1n) is 7.90. The van der Waals surface area contributed by atoms with Gasteiger partial charge in [0.15, 0.2) is 0 Å². The number of carboxylic acids is 1. The molecule has 1 N–H and O–H groups in total. The number of methoxy groups -OCH3 is 1. The first-order valence-corrected chi connectivity index (χ1v) is 8.78. The van der Waals surface area contributed by atoms with Crippen molar-refractivity contribution in [2.75, 3.05) is 13.8 Å². The number of thioether (sulfide) groups is 1. The van der Waals surface area contributed by atoms with Crippen molar-refractivity contribution in [1.29, 1.82) is 0 Å². The van der Waals surface area contributed by atoms with Gasteiger partial charge in [0.1, 0.15) is 17.7 Å². The Morgan fingerprint density at radius 1 is 1.32 bits per heavy atom. The summed E-state index contributed by atoms with van der Waals surface area (Å²) in [6, 6.07) is 13.2. The first-order chi connectivity index (χ1) is 12.2. The van der Waals surface area contributed by atoms with Crippen LogP contribution < -0.4 is 4.74 Å². The highest BCUT2D eigenvalue weighted by atomic mass is 32.2. The van der Waals surface area contributed by atoms with Crippen molar-refractivity contribution in [2.24, 2.45) is 0 Å². The smallest absolute Gasteiger partial charge is 0.321 e. The molecule has 2 aromatic carbocycles. The minimum Gasteiger partial charge on any atom is -0.497 e. The van der Waals surface area contributed by atoms with Crippen molar-refractivity contribution in [3.8, 4) is 17.0 Å². The summed E-state index contributed by atoms with van der Waals surface area (Å²) >= 11 is 1.32. The number of hydrogen-bond acceptors (Lipinski definition) is 3. The monoisotopic (exact) mass is 357 g/mol. The zero-order valence-electron chi connectivity index (χ0n) is 13.5. The lowest BCUT2D eigenvalue weighted by Crippen LogP contribution is -2.14. The normalized spacial score (nSPS) is 15.7. The van der Waals surface area contributed by atoms with Gasteiger partial charge in [0, 0.05) is 26.9 Å². The van der Waals surface area contributed by atoms with Crippen LogP contribution in [0, 0.1) is 0 Å². The second kappa shape index (κ2) is 6.11. The second-order valence-electron chi connectivity index (χ2n) is 5.82. The molecule has 1 aromatic heterocycles. The minimum absolute atomic E-state index is 0.184. The van der Waals surface area contributed by atoms with Crippen LogP contribution in [0.25, 0.3) is 22.2 Å². The summed E-state index contributed by atoms with van der Waals surface area (Å²) in [6.45, 7) is -0.335. The van der Waals surface area contributed by atoms with E-state index in [-0.39, 0.29) is 6.54 Å². The van der Waals surface area contributed by atoms with E-state index in [1.165, 1.54) is 11.8 Å². The zero-order valence-corrected chi connectivity index (χ0v) is 14.3. The summed E-state index contributed by atoms with van der Waals surface area (Å²) in [6.07, 6.45) is 0. The maximum Gasteiger partial charge on any atom is 0.321 e. The molecular weight excluding hydrogens is 341 g/mol. The number of alkyl halides is 1. The molecule has 0 spiro atoms. The van der Waals surface area contributed by atoms with E-state index in [1.807, 2.05) is 47.0 Å². The molecule has 0 radical (unpaired) electrons. The van der Waals surface area contributed by atoms with Crippen molar-refractivity contribution in [3.63, 3.8) is 0 Å². The zero-order chi connectivity index (χ0) is 17.6. The Morgan fingerprint density at radius 2 is 2.12 bits per heavy atom. The maximum atomic E-state index is 13.3. The third-order valence-electron chi connectivity index (χ3n) is 4.49. The number of aromatic nitrogens is 1. The van der Waals surface area contributed by atoms with Crippen LogP contribution in [-0.4, -0.2) is 29.4 Å². The molecule has 4 rings (SSSR count). The van der Waals surface area contributed by atoms with Crippen LogP contribution in [0.1, 0.15) is 10.8 Å². The van der Waals surface area contributed by atoms with Crippen LogP contribution in [0.15, 0.2) is 47.4 Å². The number of nitrogens with zero attached hydrogens (tertiary/aromatic N) is 1. The predicted octanol–water partition coefficient (Wildman–Crippen LogP) is 4.52. The quantitative estimate of drug-likeness (QED) is 0.746. The van der Waals surface area contributed by atoms with Crippen LogP contribution in [0.3, 0.4) is 0 Å². The van der Waals surface area contributed by atoms with Crippen LogP contribution in [0.4, 0.5) is 4.39 Å². The Balaban J connectivity index is 2.13. The number of ether oxygens (including phenoxy) is 1. The van der Waals surface area contributed by atoms with E-state index < -0.39 is 17.9 Å². The molecule has 0 aliphatic carbocycles. The highest BCUT2D eigenvalue weighted by molar-refractivity contribution is 8.00. The molecule has 4 nitrogen and oxygen atoms in total. The van der Waals surface area contributed by atoms with E-state index in [0.717, 1.165) is 32.6 Å². The van der Waals surface area contributed by atoms with Crippen molar-refractivity contribution in [3.05, 3.63) is 48.0 Å². The number of carbonyl (C=O) groups is 1. The van der Waals surface area contributed by atoms with Crippen LogP contribution in [-0.2, 0) is 11.3 Å². The number of benzene rings is 2. The fraction of sp³-hybridized carbons (Fsp3) is 0.211. The Hall–Kier alpha value is -2.47. The molecule has 1 unspecified atom stereocenters. The van der Waals surface area contributed by atoms with Crippen molar-refractivity contribution < 1.29 is 19.0 Å². The lowest BCUT2D eigenvalue weighted by molar-refractivity contribution is -0.136. The molecule has 1 aliphatic rings. The summed E-state index contributed by atoms with van der Waals surface area (Å²) in [4.78, 5) is 12.9. The van der Waals surface area contributed by atoms with Gasteiger partial charge >= 0.3 is 5.97 Å². The molecule has 0 saturated heterocycles. The van der Waals surface area contributed by atoms with Gasteiger partial charge in [-0.15, -0.1) is 11.8 Å². The largest absolute Gasteiger partial charge is 0.497 e. The average molecular weight is 357 g/mol.